The molecular weight excluding hydrogens is 913 g/mol. The summed E-state index contributed by atoms with van der Waals surface area (Å²) in [6.07, 6.45) is 79.3. The van der Waals surface area contributed by atoms with Crippen LogP contribution in [0.1, 0.15) is 335 Å². The van der Waals surface area contributed by atoms with Crippen molar-refractivity contribution in [2.45, 2.75) is 341 Å². The lowest BCUT2D eigenvalue weighted by molar-refractivity contribution is -0.167. The summed E-state index contributed by atoms with van der Waals surface area (Å²) in [5, 5.41) is 0. The molecule has 6 heteroatoms. The minimum atomic E-state index is -0.781. The normalized spacial score (nSPS) is 12.4. The van der Waals surface area contributed by atoms with E-state index >= 15 is 0 Å². The van der Waals surface area contributed by atoms with Gasteiger partial charge in [-0.05, 0) is 83.5 Å². The second-order valence-electron chi connectivity index (χ2n) is 21.6. The number of esters is 3. The van der Waals surface area contributed by atoms with E-state index in [1.807, 2.05) is 0 Å². The second kappa shape index (κ2) is 62.6. The summed E-state index contributed by atoms with van der Waals surface area (Å²) in [5.41, 5.74) is 0. The van der Waals surface area contributed by atoms with Gasteiger partial charge in [-0.2, -0.15) is 0 Å². The predicted octanol–water partition coefficient (Wildman–Crippen LogP) is 21.9. The van der Waals surface area contributed by atoms with Crippen LogP contribution in [0.4, 0.5) is 0 Å². The van der Waals surface area contributed by atoms with Crippen molar-refractivity contribution in [3.8, 4) is 0 Å². The van der Waals surface area contributed by atoms with Gasteiger partial charge in [0.2, 0.25) is 0 Å². The van der Waals surface area contributed by atoms with Gasteiger partial charge in [0.25, 0.3) is 0 Å². The fourth-order valence-corrected chi connectivity index (χ4v) is 9.43. The molecule has 0 saturated heterocycles. The Balaban J connectivity index is 4.37. The number of hydrogen-bond acceptors (Lipinski definition) is 6. The molecule has 0 aliphatic carbocycles. The van der Waals surface area contributed by atoms with Gasteiger partial charge in [-0.1, -0.05) is 293 Å². The summed E-state index contributed by atoms with van der Waals surface area (Å²) in [6.45, 7) is 6.56. The zero-order valence-electron chi connectivity index (χ0n) is 49.4. The molecule has 0 rings (SSSR count). The van der Waals surface area contributed by atoms with Crippen LogP contribution in [-0.2, 0) is 28.6 Å². The smallest absolute Gasteiger partial charge is 0.306 e. The fraction of sp³-hybridized carbons (Fsp3) is 0.809. The zero-order valence-corrected chi connectivity index (χ0v) is 49.4. The topological polar surface area (TPSA) is 78.9 Å². The molecule has 1 atom stereocenters. The maximum absolute atomic E-state index is 12.9. The van der Waals surface area contributed by atoms with Crippen molar-refractivity contribution in [2.75, 3.05) is 13.2 Å². The van der Waals surface area contributed by atoms with Crippen LogP contribution in [0, 0.1) is 0 Å². The van der Waals surface area contributed by atoms with Gasteiger partial charge in [0, 0.05) is 19.3 Å². The minimum Gasteiger partial charge on any atom is -0.462 e. The van der Waals surface area contributed by atoms with Crippen LogP contribution in [0.3, 0.4) is 0 Å². The Hall–Kier alpha value is -2.89. The molecule has 0 saturated carbocycles. The van der Waals surface area contributed by atoms with Crippen molar-refractivity contribution < 1.29 is 28.6 Å². The molecule has 0 aromatic rings. The van der Waals surface area contributed by atoms with E-state index in [0.29, 0.717) is 19.3 Å². The Bertz CT molecular complexity index is 1330. The molecule has 430 valence electrons. The van der Waals surface area contributed by atoms with Crippen molar-refractivity contribution in [2.24, 2.45) is 0 Å². The predicted molar refractivity (Wildman–Crippen MR) is 321 cm³/mol. The number of unbranched alkanes of at least 4 members (excludes halogenated alkanes) is 38. The highest BCUT2D eigenvalue weighted by atomic mass is 16.6. The lowest BCUT2D eigenvalue weighted by Crippen LogP contribution is -2.30. The molecule has 0 aromatic heterocycles. The fourth-order valence-electron chi connectivity index (χ4n) is 9.43. The molecule has 0 bridgehead atoms. The van der Waals surface area contributed by atoms with Crippen LogP contribution >= 0.6 is 0 Å². The first-order valence-electron chi connectivity index (χ1n) is 32.3. The molecule has 74 heavy (non-hydrogen) atoms. The first-order valence-corrected chi connectivity index (χ1v) is 32.3. The average molecular weight is 1040 g/mol. The van der Waals surface area contributed by atoms with E-state index in [2.05, 4.69) is 81.5 Å². The molecule has 6 nitrogen and oxygen atoms in total. The summed E-state index contributed by atoms with van der Waals surface area (Å²) in [6, 6.07) is 0. The van der Waals surface area contributed by atoms with E-state index < -0.39 is 6.10 Å². The van der Waals surface area contributed by atoms with E-state index in [0.717, 1.165) is 89.9 Å². The van der Waals surface area contributed by atoms with Crippen molar-refractivity contribution in [1.82, 2.24) is 0 Å². The van der Waals surface area contributed by atoms with Crippen LogP contribution in [0.25, 0.3) is 0 Å². The summed E-state index contributed by atoms with van der Waals surface area (Å²) in [7, 11) is 0. The van der Waals surface area contributed by atoms with Gasteiger partial charge in [0.1, 0.15) is 13.2 Å². The standard InChI is InChI=1S/C68H122O6/c1-4-7-10-13-16-19-22-25-28-31-34-37-40-43-46-49-52-55-58-61-67(70)73-64-65(63-72-66(69)60-57-54-51-48-45-42-39-36-33-30-27-24-21-18-15-12-9-6-3)74-68(71)62-59-56-53-50-47-44-41-38-35-32-29-26-23-20-17-14-11-8-5-2/h7,10,16,19,25-26,28-29,34,37,65H,4-6,8-9,11-15,17-18,20-24,27,30-33,35-36,38-64H2,1-3H3/b10-7-,19-16-,28-25-,29-26-,37-34-. The van der Waals surface area contributed by atoms with E-state index in [4.69, 9.17) is 14.2 Å². The monoisotopic (exact) mass is 1030 g/mol. The molecule has 0 spiro atoms. The summed E-state index contributed by atoms with van der Waals surface area (Å²) in [4.78, 5) is 38.4. The maximum atomic E-state index is 12.9. The molecule has 0 radical (unpaired) electrons. The van der Waals surface area contributed by atoms with E-state index in [-0.39, 0.29) is 31.1 Å². The second-order valence-corrected chi connectivity index (χ2v) is 21.6. The van der Waals surface area contributed by atoms with Crippen LogP contribution in [-0.4, -0.2) is 37.2 Å². The van der Waals surface area contributed by atoms with Crippen molar-refractivity contribution >= 4 is 17.9 Å². The van der Waals surface area contributed by atoms with Crippen molar-refractivity contribution in [3.63, 3.8) is 0 Å². The average Bonchev–Trinajstić information content (AvgIpc) is 3.40. The Kier molecular flexibility index (Phi) is 60.2. The number of hydrogen-bond donors (Lipinski definition) is 0. The highest BCUT2D eigenvalue weighted by Gasteiger charge is 2.19. The first kappa shape index (κ1) is 71.1. The van der Waals surface area contributed by atoms with Gasteiger partial charge in [0.05, 0.1) is 0 Å². The lowest BCUT2D eigenvalue weighted by atomic mass is 10.0. The van der Waals surface area contributed by atoms with Crippen molar-refractivity contribution in [3.05, 3.63) is 60.8 Å². The van der Waals surface area contributed by atoms with Gasteiger partial charge >= 0.3 is 17.9 Å². The number of rotatable bonds is 59. The molecule has 0 aromatic carbocycles. The van der Waals surface area contributed by atoms with E-state index in [1.54, 1.807) is 0 Å². The summed E-state index contributed by atoms with van der Waals surface area (Å²) < 4.78 is 17.0. The van der Waals surface area contributed by atoms with Gasteiger partial charge < -0.3 is 14.2 Å². The molecule has 0 aliphatic heterocycles. The number of carbonyl (C=O) groups excluding carboxylic acids is 3. The van der Waals surface area contributed by atoms with E-state index in [9.17, 15) is 14.4 Å². The number of allylic oxidation sites excluding steroid dienone is 10. The molecule has 1 unspecified atom stereocenters. The van der Waals surface area contributed by atoms with Gasteiger partial charge in [-0.15, -0.1) is 0 Å². The first-order chi connectivity index (χ1) is 36.5. The van der Waals surface area contributed by atoms with Gasteiger partial charge in [-0.25, -0.2) is 0 Å². The molecule has 0 fully saturated rings. The number of ether oxygens (including phenoxy) is 3. The summed E-state index contributed by atoms with van der Waals surface area (Å²) >= 11 is 0. The quantitative estimate of drug-likeness (QED) is 0.0261. The minimum absolute atomic E-state index is 0.0761. The maximum Gasteiger partial charge on any atom is 0.306 e. The highest BCUT2D eigenvalue weighted by molar-refractivity contribution is 5.71. The Labute approximate surface area is 460 Å². The SMILES string of the molecule is CC/C=C\C/C=C\C/C=C\C/C=C\CCCCCCCCC(=O)OCC(COC(=O)CCCCCCCCCCCCCCCCCCCC)OC(=O)CCCCCCCCCCC/C=C\CCCCCCCC. The van der Waals surface area contributed by atoms with Crippen LogP contribution in [0.5, 0.6) is 0 Å². The Morgan fingerprint density at radius 3 is 0.838 bits per heavy atom. The van der Waals surface area contributed by atoms with E-state index in [1.165, 1.54) is 205 Å². The van der Waals surface area contributed by atoms with Gasteiger partial charge in [0.15, 0.2) is 6.10 Å². The van der Waals surface area contributed by atoms with Crippen LogP contribution < -0.4 is 0 Å². The third-order valence-electron chi connectivity index (χ3n) is 14.3. The molecule has 0 heterocycles. The molecule has 0 N–H and O–H groups in total. The molecule has 0 aliphatic rings. The molecule has 0 amide bonds. The molecular formula is C68H122O6. The third-order valence-corrected chi connectivity index (χ3v) is 14.3. The van der Waals surface area contributed by atoms with Gasteiger partial charge in [-0.3, -0.25) is 14.4 Å². The largest absolute Gasteiger partial charge is 0.462 e. The lowest BCUT2D eigenvalue weighted by Gasteiger charge is -2.18. The van der Waals surface area contributed by atoms with Crippen molar-refractivity contribution in [1.29, 1.82) is 0 Å². The number of carbonyl (C=O) groups is 3. The Morgan fingerprint density at radius 1 is 0.284 bits per heavy atom. The zero-order chi connectivity index (χ0) is 53.6. The van der Waals surface area contributed by atoms with Crippen LogP contribution in [0.15, 0.2) is 60.8 Å². The summed E-state index contributed by atoms with van der Waals surface area (Å²) in [5.74, 6) is -0.872. The Morgan fingerprint density at radius 2 is 0.527 bits per heavy atom. The van der Waals surface area contributed by atoms with Crippen LogP contribution in [0.2, 0.25) is 0 Å². The third kappa shape index (κ3) is 60.0. The highest BCUT2D eigenvalue weighted by Crippen LogP contribution is 2.17.